The summed E-state index contributed by atoms with van der Waals surface area (Å²) >= 11 is 0. The Hall–Kier alpha value is -10.8. The molecule has 674 valence electrons. The van der Waals surface area contributed by atoms with Crippen LogP contribution in [-0.4, -0.2) is 0 Å². The van der Waals surface area contributed by atoms with Gasteiger partial charge >= 0.3 is 0 Å². The van der Waals surface area contributed by atoms with E-state index < -0.39 is 0 Å². The van der Waals surface area contributed by atoms with Crippen LogP contribution in [0.3, 0.4) is 0 Å². The van der Waals surface area contributed by atoms with Crippen molar-refractivity contribution in [1.29, 1.82) is 0 Å². The van der Waals surface area contributed by atoms with Gasteiger partial charge in [-0.3, -0.25) is 0 Å². The van der Waals surface area contributed by atoms with Gasteiger partial charge in [0, 0.05) is 81.6 Å². The molecule has 0 aliphatic carbocycles. The Balaban J connectivity index is 0.000000156. The zero-order valence-corrected chi connectivity index (χ0v) is 86.5. The number of fused-ring (bicyclic) bond motifs is 5. The van der Waals surface area contributed by atoms with E-state index in [9.17, 15) is 0 Å². The number of nitrogens with zero attached hydrogens (tertiary/aromatic N) is 5. The lowest BCUT2D eigenvalue weighted by Gasteiger charge is -2.19. The van der Waals surface area contributed by atoms with E-state index in [2.05, 4.69) is 479 Å². The highest BCUT2D eigenvalue weighted by Crippen LogP contribution is 2.40. The molecule has 0 amide bonds. The van der Waals surface area contributed by atoms with Crippen molar-refractivity contribution in [1.82, 2.24) is 0 Å². The third kappa shape index (κ3) is 24.1. The van der Waals surface area contributed by atoms with Crippen LogP contribution in [0.1, 0.15) is 242 Å². The van der Waals surface area contributed by atoms with Crippen molar-refractivity contribution in [2.45, 2.75) is 266 Å². The van der Waals surface area contributed by atoms with E-state index >= 15 is 0 Å². The van der Waals surface area contributed by atoms with Gasteiger partial charge in [0.05, 0.1) is 38.1 Å². The second-order valence-corrected chi connectivity index (χ2v) is 44.3. The molecule has 0 spiro atoms. The minimum atomic E-state index is 0.299. The second kappa shape index (κ2) is 39.9. The summed E-state index contributed by atoms with van der Waals surface area (Å²) in [5.74, 6) is 0. The topological polar surface area (TPSA) is 19.4 Å². The molecule has 0 aliphatic rings. The summed E-state index contributed by atoms with van der Waals surface area (Å²) in [4.78, 5) is 0. The molecule has 0 aliphatic heterocycles. The molecule has 0 fully saturated rings. The maximum atomic E-state index is 2.41. The molecule has 0 unspecified atom stereocenters. The second-order valence-electron chi connectivity index (χ2n) is 44.3. The average Bonchev–Trinajstić information content (AvgIpc) is 0.785. The Kier molecular flexibility index (Phi) is 30.6. The Morgan fingerprint density at radius 3 is 0.798 bits per heavy atom. The van der Waals surface area contributed by atoms with Gasteiger partial charge in [0.1, 0.15) is 35.2 Å². The van der Waals surface area contributed by atoms with Gasteiger partial charge in [-0.2, -0.15) is 22.8 Å². The summed E-state index contributed by atoms with van der Waals surface area (Å²) in [6.45, 7) is 70.0. The van der Waals surface area contributed by atoms with Crippen LogP contribution in [0, 0.1) is 117 Å². The molecule has 5 nitrogen and oxygen atoms in total. The number of hydrogen-bond donors (Lipinski definition) is 0. The van der Waals surface area contributed by atoms with Crippen molar-refractivity contribution >= 4 is 53.9 Å². The normalized spacial score (nSPS) is 12.0. The van der Waals surface area contributed by atoms with E-state index in [-0.39, 0.29) is 0 Å². The summed E-state index contributed by atoms with van der Waals surface area (Å²) in [5.41, 5.74) is 43.5. The summed E-state index contributed by atoms with van der Waals surface area (Å²) in [7, 11) is 10.9. The van der Waals surface area contributed by atoms with Crippen molar-refractivity contribution in [3.63, 3.8) is 0 Å². The highest BCUT2D eigenvalue weighted by atomic mass is 15.0. The quantitative estimate of drug-likeness (QED) is 0.103. The number of rotatable bonds is 13. The maximum Gasteiger partial charge on any atom is 0.220 e. The number of aryl methyl sites for hydroxylation is 14. The molecular formula is C124H158N5+5. The molecule has 10 aromatic carbocycles. The molecule has 129 heavy (non-hydrogen) atoms. The standard InChI is InChI=1S/C27H36N.2C25H32N.C24H30N.C23H28N/c1-9-20-14-22(10-2)19(4)25(16-20)26-24-12-11-21(17-27(5,6)7)15-23(24)13-18(3)28(26)8;1-16-11-17(2)19(4)23(12-16)24-22-10-9-20(15-25(5,6)7)14-21(22)13-18(3)26(24)8;1-8-19-10-9-17(2)23(15-19)24-22-12-11-20(16-25(4,5)6)14-21(22)13-18(3)26(24)7;1-16-8-9-17(2)22(12-16)23-21-11-10-19(15-24(4,5)6)14-20(21)13-18(3)25(23)7;1-16-9-7-8-10-20(16)22-21-12-11-18(15-23(3,4)5)14-19(21)13-17(2)24(22)6/h11-16H,9-10,17H2,1-8H3;9-14H,15H2,1-8H3;9-15H,8,16H2,1-7H3;8-14H,15H2,1-7H3;7-14H,15H2,1-6H3/q5*+1. The molecule has 5 aromatic heterocycles. The maximum absolute atomic E-state index is 2.41. The largest absolute Gasteiger partial charge is 0.220 e. The van der Waals surface area contributed by atoms with Crippen LogP contribution in [0.25, 0.3) is 110 Å². The van der Waals surface area contributed by atoms with Gasteiger partial charge in [-0.05, 0) is 299 Å². The lowest BCUT2D eigenvalue weighted by Crippen LogP contribution is -2.35. The van der Waals surface area contributed by atoms with E-state index in [1.54, 1.807) is 0 Å². The minimum absolute atomic E-state index is 0.299. The van der Waals surface area contributed by atoms with Crippen LogP contribution < -0.4 is 22.8 Å². The molecule has 0 N–H and O–H groups in total. The number of benzene rings is 10. The van der Waals surface area contributed by atoms with Crippen molar-refractivity contribution < 1.29 is 22.8 Å². The fraction of sp³-hybridized carbons (Fsp3) is 0.395. The van der Waals surface area contributed by atoms with Gasteiger partial charge in [-0.1, -0.05) is 251 Å². The van der Waals surface area contributed by atoms with Gasteiger partial charge in [0.2, 0.25) is 28.5 Å². The van der Waals surface area contributed by atoms with Gasteiger partial charge in [-0.25, -0.2) is 0 Å². The van der Waals surface area contributed by atoms with E-state index in [1.807, 2.05) is 0 Å². The Morgan fingerprint density at radius 2 is 0.481 bits per heavy atom. The zero-order valence-electron chi connectivity index (χ0n) is 86.5. The smallest absolute Gasteiger partial charge is 0.198 e. The number of aromatic nitrogens is 5. The molecule has 0 atom stereocenters. The Bertz CT molecular complexity index is 6670. The molecule has 15 aromatic rings. The number of hydrogen-bond acceptors (Lipinski definition) is 0. The van der Waals surface area contributed by atoms with Gasteiger partial charge < -0.3 is 0 Å². The minimum Gasteiger partial charge on any atom is -0.198 e. The van der Waals surface area contributed by atoms with Gasteiger partial charge in [0.25, 0.3) is 0 Å². The van der Waals surface area contributed by atoms with E-state index in [4.69, 9.17) is 0 Å². The van der Waals surface area contributed by atoms with Crippen molar-refractivity contribution in [3.8, 4) is 56.3 Å². The van der Waals surface area contributed by atoms with Gasteiger partial charge in [-0.15, -0.1) is 0 Å². The molecular weight excluding hydrogens is 1560 g/mol. The average molecular weight is 1720 g/mol. The van der Waals surface area contributed by atoms with E-state index in [1.165, 1.54) is 228 Å². The third-order valence-corrected chi connectivity index (χ3v) is 26.4. The van der Waals surface area contributed by atoms with Crippen LogP contribution in [0.2, 0.25) is 0 Å². The molecule has 5 heterocycles. The lowest BCUT2D eigenvalue weighted by molar-refractivity contribution is -0.665. The number of pyridine rings is 5. The predicted molar refractivity (Wildman–Crippen MR) is 558 cm³/mol. The Morgan fingerprint density at radius 1 is 0.209 bits per heavy atom. The van der Waals surface area contributed by atoms with Crippen LogP contribution in [0.4, 0.5) is 0 Å². The summed E-state index contributed by atoms with van der Waals surface area (Å²) < 4.78 is 11.7. The van der Waals surface area contributed by atoms with Crippen LogP contribution in [0.5, 0.6) is 0 Å². The predicted octanol–water partition coefficient (Wildman–Crippen LogP) is 30.3. The zero-order chi connectivity index (χ0) is 94.8. The fourth-order valence-electron chi connectivity index (χ4n) is 19.3. The van der Waals surface area contributed by atoms with E-state index in [0.29, 0.717) is 27.1 Å². The summed E-state index contributed by atoms with van der Waals surface area (Å²) in [6.07, 6.45) is 8.71. The first-order valence-electron chi connectivity index (χ1n) is 47.9. The molecule has 0 bridgehead atoms. The van der Waals surface area contributed by atoms with Crippen molar-refractivity contribution in [2.75, 3.05) is 0 Å². The first-order valence-corrected chi connectivity index (χ1v) is 47.9. The highest BCUT2D eigenvalue weighted by Gasteiger charge is 2.29. The van der Waals surface area contributed by atoms with Gasteiger partial charge in [0.15, 0.2) is 28.5 Å². The van der Waals surface area contributed by atoms with Crippen LogP contribution >= 0.6 is 0 Å². The highest BCUT2D eigenvalue weighted by molar-refractivity contribution is 5.99. The first kappa shape index (κ1) is 98.8. The van der Waals surface area contributed by atoms with Crippen LogP contribution in [-0.2, 0) is 86.6 Å². The monoisotopic (exact) mass is 1720 g/mol. The Labute approximate surface area is 779 Å². The van der Waals surface area contributed by atoms with E-state index in [0.717, 1.165) is 51.4 Å². The third-order valence-electron chi connectivity index (χ3n) is 26.4. The molecule has 15 rings (SSSR count). The van der Waals surface area contributed by atoms with Crippen molar-refractivity contribution in [2.24, 2.45) is 62.3 Å². The van der Waals surface area contributed by atoms with Crippen LogP contribution in [0.15, 0.2) is 206 Å². The fourth-order valence-corrected chi connectivity index (χ4v) is 19.3. The van der Waals surface area contributed by atoms with Crippen molar-refractivity contribution in [3.05, 3.63) is 324 Å². The first-order chi connectivity index (χ1) is 60.3. The summed E-state index contributed by atoms with van der Waals surface area (Å²) in [6, 6.07) is 78.3. The molecule has 0 saturated heterocycles. The molecule has 5 heteroatoms. The molecule has 0 saturated carbocycles. The molecule has 0 radical (unpaired) electrons. The SMILES string of the molecule is CCc1cc(CC)c(C)c(-c2c3ccc(CC(C)(C)C)cc3cc(C)[n+]2C)c1.CCc1ccc(C)c(-c2c3ccc(CC(C)(C)C)cc3cc(C)[n+]2C)c1.Cc1cc(C)c(C)c(-c2c3ccc(CC(C)(C)C)cc3cc(C)[n+]2C)c1.Cc1ccc(C)c(-c2c3ccc(CC(C)(C)C)cc3cc(C)[n+]2C)c1.Cc1ccccc1-c1c2ccc(CC(C)(C)C)cc2cc(C)[n+]1C. The summed E-state index contributed by atoms with van der Waals surface area (Å²) in [5, 5.41) is 13.4. The lowest BCUT2D eigenvalue weighted by atomic mass is 9.86.